The Hall–Kier alpha value is -1.88. The van der Waals surface area contributed by atoms with Crippen molar-refractivity contribution < 1.29 is 13.6 Å². The van der Waals surface area contributed by atoms with E-state index in [4.69, 9.17) is 0 Å². The van der Waals surface area contributed by atoms with E-state index < -0.39 is 11.6 Å². The Balaban J connectivity index is 1.90. The summed E-state index contributed by atoms with van der Waals surface area (Å²) in [5.74, 6) is -1.78. The smallest absolute Gasteiger partial charge is 0.230 e. The summed E-state index contributed by atoms with van der Waals surface area (Å²) in [6, 6.07) is 11.4. The summed E-state index contributed by atoms with van der Waals surface area (Å²) in [5, 5.41) is 2.91. The maximum atomic E-state index is 13.1. The normalized spacial score (nSPS) is 12.0. The minimum atomic E-state index is -0.904. The van der Waals surface area contributed by atoms with E-state index in [2.05, 4.69) is 5.32 Å². The molecule has 1 N–H and O–H groups in total. The maximum Gasteiger partial charge on any atom is 0.230 e. The fraction of sp³-hybridized carbons (Fsp3) is 0.235. The molecule has 2 nitrogen and oxygen atoms in total. The Labute approximate surface area is 132 Å². The van der Waals surface area contributed by atoms with Crippen molar-refractivity contribution in [3.05, 3.63) is 65.2 Å². The van der Waals surface area contributed by atoms with E-state index in [-0.39, 0.29) is 17.7 Å². The summed E-state index contributed by atoms with van der Waals surface area (Å²) in [5.41, 5.74) is 2.18. The van der Waals surface area contributed by atoms with Crippen molar-refractivity contribution in [3.8, 4) is 0 Å². The number of benzene rings is 2. The molecule has 2 aromatic carbocycles. The number of hydrogen-bond acceptors (Lipinski definition) is 2. The number of carbonyl (C=O) groups excluding carboxylic acids is 1. The van der Waals surface area contributed by atoms with Crippen LogP contribution in [0, 0.1) is 18.6 Å². The Kier molecular flexibility index (Phi) is 5.55. The Morgan fingerprint density at radius 3 is 2.59 bits per heavy atom. The maximum absolute atomic E-state index is 13.1. The molecule has 0 saturated carbocycles. The Morgan fingerprint density at radius 1 is 1.18 bits per heavy atom. The molecule has 0 aliphatic rings. The lowest BCUT2D eigenvalue weighted by atomic mass is 10.0. The highest BCUT2D eigenvalue weighted by Crippen LogP contribution is 2.21. The molecule has 0 radical (unpaired) electrons. The molecule has 0 spiro atoms. The third-order valence-electron chi connectivity index (χ3n) is 3.29. The first-order valence-electron chi connectivity index (χ1n) is 6.90. The number of hydrogen-bond donors (Lipinski definition) is 1. The first kappa shape index (κ1) is 16.5. The van der Waals surface area contributed by atoms with Crippen LogP contribution in [0.1, 0.15) is 24.1 Å². The van der Waals surface area contributed by atoms with E-state index >= 15 is 0 Å². The van der Waals surface area contributed by atoms with Crippen LogP contribution in [-0.2, 0) is 4.79 Å². The van der Waals surface area contributed by atoms with Gasteiger partial charge in [0.15, 0.2) is 11.6 Å². The molecule has 0 heterocycles. The lowest BCUT2D eigenvalue weighted by Gasteiger charge is -2.16. The predicted molar refractivity (Wildman–Crippen MR) is 84.8 cm³/mol. The zero-order valence-electron chi connectivity index (χ0n) is 12.4. The van der Waals surface area contributed by atoms with Gasteiger partial charge in [0.2, 0.25) is 5.91 Å². The molecule has 1 unspecified atom stereocenters. The molecule has 0 aliphatic carbocycles. The quantitative estimate of drug-likeness (QED) is 0.835. The van der Waals surface area contributed by atoms with E-state index in [0.29, 0.717) is 4.90 Å². The van der Waals surface area contributed by atoms with Crippen molar-refractivity contribution in [2.75, 3.05) is 5.75 Å². The number of thioether (sulfide) groups is 1. The molecule has 0 fully saturated rings. The third kappa shape index (κ3) is 4.31. The topological polar surface area (TPSA) is 29.1 Å². The predicted octanol–water partition coefficient (Wildman–Crippen LogP) is 4.24. The van der Waals surface area contributed by atoms with E-state index in [1.807, 2.05) is 38.1 Å². The first-order valence-corrected chi connectivity index (χ1v) is 7.88. The molecular formula is C17H17F2NOS. The van der Waals surface area contributed by atoms with Gasteiger partial charge < -0.3 is 5.32 Å². The second-order valence-corrected chi connectivity index (χ2v) is 6.06. The van der Waals surface area contributed by atoms with Crippen LogP contribution in [0.15, 0.2) is 47.4 Å². The lowest BCUT2D eigenvalue weighted by Crippen LogP contribution is -2.28. The lowest BCUT2D eigenvalue weighted by molar-refractivity contribution is -0.119. The fourth-order valence-electron chi connectivity index (χ4n) is 2.15. The summed E-state index contributed by atoms with van der Waals surface area (Å²) in [4.78, 5) is 12.5. The minimum absolute atomic E-state index is 0.0979. The average molecular weight is 321 g/mol. The van der Waals surface area contributed by atoms with Gasteiger partial charge in [-0.05, 0) is 43.2 Å². The molecule has 22 heavy (non-hydrogen) atoms. The minimum Gasteiger partial charge on any atom is -0.349 e. The van der Waals surface area contributed by atoms with E-state index in [1.54, 1.807) is 0 Å². The van der Waals surface area contributed by atoms with Crippen LogP contribution < -0.4 is 5.32 Å². The fourth-order valence-corrected chi connectivity index (χ4v) is 2.88. The van der Waals surface area contributed by atoms with Gasteiger partial charge in [0.25, 0.3) is 0 Å². The Morgan fingerprint density at radius 2 is 1.91 bits per heavy atom. The van der Waals surface area contributed by atoms with Crippen molar-refractivity contribution in [1.82, 2.24) is 5.32 Å². The number of amides is 1. The molecule has 1 atom stereocenters. The van der Waals surface area contributed by atoms with Gasteiger partial charge in [0.05, 0.1) is 11.8 Å². The van der Waals surface area contributed by atoms with Crippen molar-refractivity contribution >= 4 is 17.7 Å². The van der Waals surface area contributed by atoms with Crippen LogP contribution in [0.25, 0.3) is 0 Å². The molecule has 0 saturated heterocycles. The molecule has 0 aliphatic heterocycles. The van der Waals surface area contributed by atoms with E-state index in [9.17, 15) is 13.6 Å². The SMILES string of the molecule is Cc1ccccc1C(C)NC(=O)CSc1ccc(F)c(F)c1. The van der Waals surface area contributed by atoms with Crippen molar-refractivity contribution in [3.63, 3.8) is 0 Å². The molecular weight excluding hydrogens is 304 g/mol. The molecule has 1 amide bonds. The van der Waals surface area contributed by atoms with Crippen LogP contribution in [0.5, 0.6) is 0 Å². The molecule has 116 valence electrons. The molecule has 2 aromatic rings. The average Bonchev–Trinajstić information content (AvgIpc) is 2.49. The number of nitrogens with one attached hydrogen (secondary N) is 1. The highest BCUT2D eigenvalue weighted by molar-refractivity contribution is 8.00. The highest BCUT2D eigenvalue weighted by atomic mass is 32.2. The van der Waals surface area contributed by atoms with Crippen molar-refractivity contribution in [2.45, 2.75) is 24.8 Å². The van der Waals surface area contributed by atoms with Gasteiger partial charge in [0.1, 0.15) is 0 Å². The summed E-state index contributed by atoms with van der Waals surface area (Å²) < 4.78 is 25.9. The monoisotopic (exact) mass is 321 g/mol. The number of rotatable bonds is 5. The summed E-state index contributed by atoms with van der Waals surface area (Å²) in [6.45, 7) is 3.91. The van der Waals surface area contributed by atoms with Crippen LogP contribution in [0.2, 0.25) is 0 Å². The van der Waals surface area contributed by atoms with Gasteiger partial charge in [-0.25, -0.2) is 8.78 Å². The number of halogens is 2. The van der Waals surface area contributed by atoms with Gasteiger partial charge in [0, 0.05) is 4.90 Å². The summed E-state index contributed by atoms with van der Waals surface area (Å²) in [7, 11) is 0. The van der Waals surface area contributed by atoms with Crippen LogP contribution in [-0.4, -0.2) is 11.7 Å². The van der Waals surface area contributed by atoms with Crippen molar-refractivity contribution in [2.24, 2.45) is 0 Å². The zero-order valence-corrected chi connectivity index (χ0v) is 13.2. The zero-order chi connectivity index (χ0) is 16.1. The highest BCUT2D eigenvalue weighted by Gasteiger charge is 2.12. The second kappa shape index (κ2) is 7.40. The summed E-state index contributed by atoms with van der Waals surface area (Å²) >= 11 is 1.17. The second-order valence-electron chi connectivity index (χ2n) is 5.01. The first-order chi connectivity index (χ1) is 10.5. The van der Waals surface area contributed by atoms with Crippen molar-refractivity contribution in [1.29, 1.82) is 0 Å². The van der Waals surface area contributed by atoms with Gasteiger partial charge in [-0.2, -0.15) is 0 Å². The van der Waals surface area contributed by atoms with Gasteiger partial charge in [-0.3, -0.25) is 4.79 Å². The third-order valence-corrected chi connectivity index (χ3v) is 4.29. The van der Waals surface area contributed by atoms with Gasteiger partial charge >= 0.3 is 0 Å². The molecule has 5 heteroatoms. The van der Waals surface area contributed by atoms with Gasteiger partial charge in [-0.15, -0.1) is 11.8 Å². The molecule has 0 bridgehead atoms. The van der Waals surface area contributed by atoms with Crippen LogP contribution in [0.3, 0.4) is 0 Å². The standard InChI is InChI=1S/C17H17F2NOS/c1-11-5-3-4-6-14(11)12(2)20-17(21)10-22-13-7-8-15(18)16(19)9-13/h3-9,12H,10H2,1-2H3,(H,20,21). The van der Waals surface area contributed by atoms with E-state index in [0.717, 1.165) is 23.3 Å². The summed E-state index contributed by atoms with van der Waals surface area (Å²) in [6.07, 6.45) is 0. The van der Waals surface area contributed by atoms with Crippen LogP contribution >= 0.6 is 11.8 Å². The molecule has 0 aromatic heterocycles. The van der Waals surface area contributed by atoms with Crippen LogP contribution in [0.4, 0.5) is 8.78 Å². The largest absolute Gasteiger partial charge is 0.349 e. The molecule has 2 rings (SSSR count). The number of aryl methyl sites for hydroxylation is 1. The van der Waals surface area contributed by atoms with E-state index in [1.165, 1.54) is 17.8 Å². The Bertz CT molecular complexity index is 675. The van der Waals surface area contributed by atoms with Gasteiger partial charge in [-0.1, -0.05) is 24.3 Å². The number of carbonyl (C=O) groups is 1.